The first-order valence-corrected chi connectivity index (χ1v) is 3.88. The lowest BCUT2D eigenvalue weighted by Crippen LogP contribution is -2.02. The van der Waals surface area contributed by atoms with Crippen LogP contribution >= 0.6 is 23.2 Å². The number of carboxylic acids is 1. The predicted molar refractivity (Wildman–Crippen MR) is 48.2 cm³/mol. The van der Waals surface area contributed by atoms with Gasteiger partial charge in [0, 0.05) is 8.22 Å². The number of hydrogen-bond donors (Lipinski definition) is 1. The van der Waals surface area contributed by atoms with E-state index in [4.69, 9.17) is 36.5 Å². The second-order valence-electron chi connectivity index (χ2n) is 2.67. The number of carbonyl (C=O) groups is 1. The molecule has 0 saturated heterocycles. The summed E-state index contributed by atoms with van der Waals surface area (Å²) < 4.78 is 43.7. The SMILES string of the molecule is [2H]C([2H])([2H])C1(C([2H])([2H])[2H])[C@H](C=C(Cl)Cl)[C@H]1C(=O)O. The number of allylic oxidation sites excluding steroid dienone is 1. The molecule has 0 aliphatic heterocycles. The summed E-state index contributed by atoms with van der Waals surface area (Å²) in [4.78, 5) is 11.0. The molecule has 0 bridgehead atoms. The third kappa shape index (κ3) is 1.59. The minimum atomic E-state index is -2.95. The number of halogens is 2. The fourth-order valence-corrected chi connectivity index (χ4v) is 1.40. The van der Waals surface area contributed by atoms with Gasteiger partial charge in [-0.2, -0.15) is 0 Å². The van der Waals surface area contributed by atoms with Gasteiger partial charge in [0.25, 0.3) is 0 Å². The van der Waals surface area contributed by atoms with E-state index in [2.05, 4.69) is 0 Å². The van der Waals surface area contributed by atoms with Crippen molar-refractivity contribution in [3.8, 4) is 0 Å². The first kappa shape index (κ1) is 4.34. The Morgan fingerprint density at radius 3 is 2.50 bits per heavy atom. The molecule has 0 radical (unpaired) electrons. The molecule has 0 unspecified atom stereocenters. The van der Waals surface area contributed by atoms with Crippen molar-refractivity contribution >= 4 is 29.2 Å². The van der Waals surface area contributed by atoms with Gasteiger partial charge in [-0.3, -0.25) is 4.79 Å². The lowest BCUT2D eigenvalue weighted by Gasteiger charge is -1.96. The summed E-state index contributed by atoms with van der Waals surface area (Å²) in [6.45, 7) is -5.91. The average molecular weight is 215 g/mol. The first-order chi connectivity index (χ1) is 7.87. The van der Waals surface area contributed by atoms with E-state index < -0.39 is 36.9 Å². The molecule has 0 spiro atoms. The summed E-state index contributed by atoms with van der Waals surface area (Å²) in [5, 5.41) is 8.98. The van der Waals surface area contributed by atoms with Gasteiger partial charge in [0.2, 0.25) is 0 Å². The van der Waals surface area contributed by atoms with Crippen LogP contribution in [0.2, 0.25) is 0 Å². The van der Waals surface area contributed by atoms with Crippen molar-refractivity contribution in [1.29, 1.82) is 0 Å². The van der Waals surface area contributed by atoms with Crippen LogP contribution in [-0.4, -0.2) is 11.1 Å². The molecular formula is C8H10Cl2O2. The van der Waals surface area contributed by atoms with Gasteiger partial charge in [0.05, 0.1) is 5.92 Å². The van der Waals surface area contributed by atoms with Crippen molar-refractivity contribution < 1.29 is 18.1 Å². The molecule has 68 valence electrons. The minimum absolute atomic E-state index is 0.346. The van der Waals surface area contributed by atoms with Crippen molar-refractivity contribution in [3.05, 3.63) is 10.6 Å². The van der Waals surface area contributed by atoms with Crippen LogP contribution in [0.4, 0.5) is 0 Å². The maximum Gasteiger partial charge on any atom is 0.307 e. The fraction of sp³-hybridized carbons (Fsp3) is 0.625. The van der Waals surface area contributed by atoms with Crippen molar-refractivity contribution in [1.82, 2.24) is 0 Å². The largest absolute Gasteiger partial charge is 0.481 e. The Kier molecular flexibility index (Phi) is 1.06. The molecule has 0 aromatic rings. The molecule has 0 aromatic carbocycles. The van der Waals surface area contributed by atoms with E-state index in [1.165, 1.54) is 0 Å². The highest BCUT2D eigenvalue weighted by atomic mass is 35.5. The Morgan fingerprint density at radius 1 is 1.67 bits per heavy atom. The standard InChI is InChI=1S/C8H10Cl2O2/c1-8(2)4(3-5(9)10)6(8)7(11)12/h3-4,6H,1-2H3,(H,11,12)/t4-,6+/m1/s1/i1D3,2D3. The van der Waals surface area contributed by atoms with Crippen LogP contribution in [0.15, 0.2) is 10.6 Å². The Bertz CT molecular complexity index is 381. The predicted octanol–water partition coefficient (Wildman–Crippen LogP) is 2.66. The molecule has 2 atom stereocenters. The smallest absolute Gasteiger partial charge is 0.307 e. The molecule has 1 rings (SSSR count). The Balaban J connectivity index is 3.37. The molecule has 4 heteroatoms. The normalized spacial score (nSPS) is 40.5. The second-order valence-corrected chi connectivity index (χ2v) is 3.67. The summed E-state index contributed by atoms with van der Waals surface area (Å²) >= 11 is 10.8. The monoisotopic (exact) mass is 214 g/mol. The number of hydrogen-bond acceptors (Lipinski definition) is 1. The van der Waals surface area contributed by atoms with Crippen LogP contribution in [0.3, 0.4) is 0 Å². The van der Waals surface area contributed by atoms with Gasteiger partial charge in [-0.05, 0) is 17.4 Å². The topological polar surface area (TPSA) is 37.3 Å². The van der Waals surface area contributed by atoms with E-state index in [0.717, 1.165) is 6.08 Å². The zero-order chi connectivity index (χ0) is 14.5. The first-order valence-electron chi connectivity index (χ1n) is 6.13. The maximum absolute atomic E-state index is 11.0. The van der Waals surface area contributed by atoms with Crippen LogP contribution in [0.1, 0.15) is 21.9 Å². The van der Waals surface area contributed by atoms with Crippen molar-refractivity contribution in [3.63, 3.8) is 0 Å². The highest BCUT2D eigenvalue weighted by molar-refractivity contribution is 6.55. The van der Waals surface area contributed by atoms with Crippen LogP contribution in [0.25, 0.3) is 0 Å². The molecular weight excluding hydrogens is 199 g/mol. The zero-order valence-electron chi connectivity index (χ0n) is 11.8. The summed E-state index contributed by atoms with van der Waals surface area (Å²) in [6, 6.07) is 0. The average Bonchev–Trinajstić information content (AvgIpc) is 2.70. The maximum atomic E-state index is 11.0. The van der Waals surface area contributed by atoms with Gasteiger partial charge in [-0.15, -0.1) is 0 Å². The van der Waals surface area contributed by atoms with Crippen molar-refractivity contribution in [2.24, 2.45) is 17.3 Å². The van der Waals surface area contributed by atoms with Gasteiger partial charge in [-0.1, -0.05) is 36.9 Å². The van der Waals surface area contributed by atoms with Crippen LogP contribution in [-0.2, 0) is 4.79 Å². The van der Waals surface area contributed by atoms with E-state index in [0.29, 0.717) is 0 Å². The van der Waals surface area contributed by atoms with E-state index in [1.807, 2.05) is 0 Å². The molecule has 0 heterocycles. The Hall–Kier alpha value is -0.210. The summed E-state index contributed by atoms with van der Waals surface area (Å²) in [7, 11) is 0. The summed E-state index contributed by atoms with van der Waals surface area (Å²) in [5.74, 6) is -4.27. The molecule has 1 aliphatic carbocycles. The Morgan fingerprint density at radius 2 is 2.25 bits per heavy atom. The van der Waals surface area contributed by atoms with Gasteiger partial charge in [0.1, 0.15) is 4.49 Å². The van der Waals surface area contributed by atoms with Crippen LogP contribution < -0.4 is 0 Å². The van der Waals surface area contributed by atoms with Crippen LogP contribution in [0, 0.1) is 17.3 Å². The zero-order valence-corrected chi connectivity index (χ0v) is 7.36. The van der Waals surface area contributed by atoms with E-state index >= 15 is 0 Å². The third-order valence-corrected chi connectivity index (χ3v) is 2.09. The van der Waals surface area contributed by atoms with Gasteiger partial charge in [0.15, 0.2) is 0 Å². The molecule has 1 N–H and O–H groups in total. The molecule has 1 fully saturated rings. The van der Waals surface area contributed by atoms with Crippen LogP contribution in [0.5, 0.6) is 0 Å². The van der Waals surface area contributed by atoms with Gasteiger partial charge < -0.3 is 5.11 Å². The van der Waals surface area contributed by atoms with E-state index in [9.17, 15) is 4.79 Å². The van der Waals surface area contributed by atoms with Crippen molar-refractivity contribution in [2.45, 2.75) is 13.7 Å². The molecule has 0 aromatic heterocycles. The fourth-order valence-electron chi connectivity index (χ4n) is 1.13. The highest BCUT2D eigenvalue weighted by Gasteiger charge is 2.60. The molecule has 1 saturated carbocycles. The lowest BCUT2D eigenvalue weighted by atomic mass is 10.1. The van der Waals surface area contributed by atoms with E-state index in [1.54, 1.807) is 0 Å². The molecule has 0 amide bonds. The highest BCUT2D eigenvalue weighted by Crippen LogP contribution is 2.59. The van der Waals surface area contributed by atoms with Gasteiger partial charge >= 0.3 is 5.97 Å². The number of rotatable bonds is 2. The van der Waals surface area contributed by atoms with Crippen molar-refractivity contribution in [2.75, 3.05) is 0 Å². The second kappa shape index (κ2) is 2.93. The summed E-state index contributed by atoms with van der Waals surface area (Å²) in [6.07, 6.45) is 0.973. The Labute approximate surface area is 89.6 Å². The number of aliphatic carboxylic acids is 1. The third-order valence-electron chi connectivity index (χ3n) is 1.84. The van der Waals surface area contributed by atoms with E-state index in [-0.39, 0.29) is 4.49 Å². The lowest BCUT2D eigenvalue weighted by molar-refractivity contribution is -0.139. The minimum Gasteiger partial charge on any atom is -0.481 e. The summed E-state index contributed by atoms with van der Waals surface area (Å²) in [5.41, 5.74) is -2.33. The molecule has 12 heavy (non-hydrogen) atoms. The van der Waals surface area contributed by atoms with Gasteiger partial charge in [-0.25, -0.2) is 0 Å². The molecule has 2 nitrogen and oxygen atoms in total. The molecule has 1 aliphatic rings. The number of carboxylic acid groups (broad SMARTS) is 1. The quantitative estimate of drug-likeness (QED) is 0.768.